The standard InChI is InChI=1S/C9H16BO2/c1-3-7(2)6-8-4-5-10-12-9(8)11/h7-8H,3-6H2,1-2H3. The van der Waals surface area contributed by atoms with Crippen LogP contribution in [0.3, 0.4) is 0 Å². The van der Waals surface area contributed by atoms with Gasteiger partial charge in [-0.2, -0.15) is 0 Å². The molecule has 1 fully saturated rings. The third-order valence-electron chi connectivity index (χ3n) is 2.55. The average Bonchev–Trinajstić information content (AvgIpc) is 2.09. The Morgan fingerprint density at radius 3 is 3.08 bits per heavy atom. The van der Waals surface area contributed by atoms with E-state index in [2.05, 4.69) is 13.8 Å². The van der Waals surface area contributed by atoms with Crippen LogP contribution >= 0.6 is 0 Å². The maximum Gasteiger partial charge on any atom is 0.373 e. The molecule has 2 unspecified atom stereocenters. The Kier molecular flexibility index (Phi) is 3.64. The summed E-state index contributed by atoms with van der Waals surface area (Å²) in [6.07, 6.45) is 4.03. The fourth-order valence-corrected chi connectivity index (χ4v) is 1.49. The molecule has 0 amide bonds. The Bertz CT molecular complexity index is 159. The molecule has 1 aliphatic heterocycles. The molecule has 1 radical (unpaired) electrons. The highest BCUT2D eigenvalue weighted by molar-refractivity contribution is 6.31. The lowest BCUT2D eigenvalue weighted by Gasteiger charge is -2.22. The van der Waals surface area contributed by atoms with Crippen molar-refractivity contribution in [3.8, 4) is 0 Å². The van der Waals surface area contributed by atoms with E-state index in [1.807, 2.05) is 0 Å². The fraction of sp³-hybridized carbons (Fsp3) is 0.889. The van der Waals surface area contributed by atoms with Gasteiger partial charge < -0.3 is 4.65 Å². The second kappa shape index (κ2) is 4.53. The van der Waals surface area contributed by atoms with Crippen molar-refractivity contribution in [2.24, 2.45) is 11.8 Å². The van der Waals surface area contributed by atoms with Crippen LogP contribution in [0.4, 0.5) is 0 Å². The number of rotatable bonds is 3. The van der Waals surface area contributed by atoms with Crippen molar-refractivity contribution >= 4 is 13.5 Å². The van der Waals surface area contributed by atoms with Gasteiger partial charge in [0.15, 0.2) is 0 Å². The molecular formula is C9H16BO2. The number of hydrogen-bond acceptors (Lipinski definition) is 2. The minimum Gasteiger partial charge on any atom is -0.539 e. The summed E-state index contributed by atoms with van der Waals surface area (Å²) in [5.41, 5.74) is 0. The Balaban J connectivity index is 2.34. The van der Waals surface area contributed by atoms with Crippen LogP contribution in [0, 0.1) is 11.8 Å². The second-order valence-electron chi connectivity index (χ2n) is 3.63. The quantitative estimate of drug-likeness (QED) is 0.601. The second-order valence-corrected chi connectivity index (χ2v) is 3.63. The van der Waals surface area contributed by atoms with E-state index >= 15 is 0 Å². The van der Waals surface area contributed by atoms with Crippen molar-refractivity contribution in [3.63, 3.8) is 0 Å². The molecule has 1 aliphatic rings. The lowest BCUT2D eigenvalue weighted by atomic mass is 9.80. The van der Waals surface area contributed by atoms with Crippen molar-refractivity contribution in [2.45, 2.75) is 39.4 Å². The summed E-state index contributed by atoms with van der Waals surface area (Å²) in [5.74, 6) is 0.771. The molecule has 0 bridgehead atoms. The van der Waals surface area contributed by atoms with Crippen LogP contribution < -0.4 is 0 Å². The van der Waals surface area contributed by atoms with Gasteiger partial charge in [0.1, 0.15) is 0 Å². The molecule has 1 heterocycles. The van der Waals surface area contributed by atoms with Crippen molar-refractivity contribution < 1.29 is 9.45 Å². The molecule has 0 aromatic carbocycles. The third-order valence-corrected chi connectivity index (χ3v) is 2.55. The van der Waals surface area contributed by atoms with Gasteiger partial charge in [-0.15, -0.1) is 0 Å². The van der Waals surface area contributed by atoms with Gasteiger partial charge >= 0.3 is 7.48 Å². The molecule has 67 valence electrons. The van der Waals surface area contributed by atoms with E-state index in [4.69, 9.17) is 4.65 Å². The highest BCUT2D eigenvalue weighted by Gasteiger charge is 2.25. The molecule has 2 nitrogen and oxygen atoms in total. The summed E-state index contributed by atoms with van der Waals surface area (Å²) in [6.45, 7) is 4.34. The number of carbonyl (C=O) groups is 1. The summed E-state index contributed by atoms with van der Waals surface area (Å²) in [4.78, 5) is 11.2. The van der Waals surface area contributed by atoms with Crippen LogP contribution in [0.25, 0.3) is 0 Å². The van der Waals surface area contributed by atoms with Gasteiger partial charge in [-0.1, -0.05) is 20.3 Å². The average molecular weight is 167 g/mol. The zero-order valence-electron chi connectivity index (χ0n) is 7.88. The summed E-state index contributed by atoms with van der Waals surface area (Å²) in [7, 11) is 1.62. The molecule has 0 saturated carbocycles. The Morgan fingerprint density at radius 2 is 2.50 bits per heavy atom. The molecule has 1 rings (SSSR count). The Labute approximate surface area is 75.0 Å². The van der Waals surface area contributed by atoms with Crippen molar-refractivity contribution in [1.29, 1.82) is 0 Å². The van der Waals surface area contributed by atoms with Crippen LogP contribution in [0.5, 0.6) is 0 Å². The first-order valence-electron chi connectivity index (χ1n) is 4.76. The highest BCUT2D eigenvalue weighted by Crippen LogP contribution is 2.23. The van der Waals surface area contributed by atoms with E-state index in [9.17, 15) is 4.79 Å². The van der Waals surface area contributed by atoms with Crippen molar-refractivity contribution in [3.05, 3.63) is 0 Å². The van der Waals surface area contributed by atoms with Crippen LogP contribution in [0.15, 0.2) is 0 Å². The van der Waals surface area contributed by atoms with Crippen molar-refractivity contribution in [1.82, 2.24) is 0 Å². The molecule has 0 spiro atoms. The molecule has 2 atom stereocenters. The monoisotopic (exact) mass is 167 g/mol. The number of carbonyl (C=O) groups excluding carboxylic acids is 1. The van der Waals surface area contributed by atoms with Gasteiger partial charge in [0.05, 0.1) is 5.92 Å². The molecule has 0 aromatic heterocycles. The minimum atomic E-state index is -0.0263. The summed E-state index contributed by atoms with van der Waals surface area (Å²) in [6, 6.07) is 0. The van der Waals surface area contributed by atoms with Crippen LogP contribution in [0.2, 0.25) is 6.32 Å². The van der Waals surface area contributed by atoms with Crippen LogP contribution in [0.1, 0.15) is 33.1 Å². The lowest BCUT2D eigenvalue weighted by molar-refractivity contribution is -0.140. The van der Waals surface area contributed by atoms with E-state index in [0.717, 1.165) is 25.6 Å². The third kappa shape index (κ3) is 2.54. The minimum absolute atomic E-state index is 0.0263. The SMILES string of the molecule is CCC(C)CC1CC[B]OC1=O. The lowest BCUT2D eigenvalue weighted by Crippen LogP contribution is -2.26. The molecule has 12 heavy (non-hydrogen) atoms. The smallest absolute Gasteiger partial charge is 0.373 e. The largest absolute Gasteiger partial charge is 0.539 e. The van der Waals surface area contributed by atoms with Gasteiger partial charge in [-0.05, 0) is 25.1 Å². The highest BCUT2D eigenvalue weighted by atomic mass is 16.5. The zero-order chi connectivity index (χ0) is 8.97. The van der Waals surface area contributed by atoms with Crippen LogP contribution in [-0.4, -0.2) is 13.5 Å². The zero-order valence-corrected chi connectivity index (χ0v) is 7.88. The van der Waals surface area contributed by atoms with E-state index in [1.165, 1.54) is 0 Å². The van der Waals surface area contributed by atoms with Gasteiger partial charge in [0.25, 0.3) is 5.97 Å². The molecule has 3 heteroatoms. The van der Waals surface area contributed by atoms with E-state index in [1.54, 1.807) is 7.48 Å². The first-order chi connectivity index (χ1) is 5.74. The van der Waals surface area contributed by atoms with Crippen LogP contribution in [-0.2, 0) is 9.45 Å². The predicted octanol–water partition coefficient (Wildman–Crippen LogP) is 2.02. The molecule has 0 aromatic rings. The van der Waals surface area contributed by atoms with Gasteiger partial charge in [-0.25, -0.2) is 0 Å². The van der Waals surface area contributed by atoms with E-state index in [0.29, 0.717) is 5.92 Å². The van der Waals surface area contributed by atoms with Gasteiger partial charge in [0.2, 0.25) is 0 Å². The fourth-order valence-electron chi connectivity index (χ4n) is 1.49. The Morgan fingerprint density at radius 1 is 1.75 bits per heavy atom. The summed E-state index contributed by atoms with van der Waals surface area (Å²) >= 11 is 0. The first-order valence-corrected chi connectivity index (χ1v) is 4.76. The predicted molar refractivity (Wildman–Crippen MR) is 48.8 cm³/mol. The van der Waals surface area contributed by atoms with E-state index < -0.39 is 0 Å². The normalized spacial score (nSPS) is 25.8. The number of hydrogen-bond donors (Lipinski definition) is 0. The van der Waals surface area contributed by atoms with Gasteiger partial charge in [0, 0.05) is 0 Å². The summed E-state index contributed by atoms with van der Waals surface area (Å²) in [5, 5.41) is 0. The molecule has 1 saturated heterocycles. The maximum atomic E-state index is 11.2. The Hall–Kier alpha value is -0.465. The molecule has 0 aliphatic carbocycles. The molecule has 0 N–H and O–H groups in total. The summed E-state index contributed by atoms with van der Waals surface area (Å²) < 4.78 is 4.87. The van der Waals surface area contributed by atoms with E-state index in [-0.39, 0.29) is 11.9 Å². The van der Waals surface area contributed by atoms with Gasteiger partial charge in [-0.3, -0.25) is 4.79 Å². The van der Waals surface area contributed by atoms with Crippen molar-refractivity contribution in [2.75, 3.05) is 0 Å². The topological polar surface area (TPSA) is 26.3 Å². The maximum absolute atomic E-state index is 11.2. The molecular weight excluding hydrogens is 151 g/mol. The first kappa shape index (κ1) is 9.62.